The van der Waals surface area contributed by atoms with Crippen LogP contribution in [-0.4, -0.2) is 26.9 Å². The van der Waals surface area contributed by atoms with Gasteiger partial charge in [-0.05, 0) is 30.4 Å². The van der Waals surface area contributed by atoms with Crippen molar-refractivity contribution < 1.29 is 4.79 Å². The summed E-state index contributed by atoms with van der Waals surface area (Å²) in [7, 11) is 0. The molecule has 6 nitrogen and oxygen atoms in total. The minimum atomic E-state index is -0.353. The van der Waals surface area contributed by atoms with Gasteiger partial charge in [0.05, 0.1) is 11.9 Å². The van der Waals surface area contributed by atoms with E-state index in [1.807, 2.05) is 42.2 Å². The van der Waals surface area contributed by atoms with Crippen molar-refractivity contribution in [3.63, 3.8) is 0 Å². The molecule has 0 aliphatic carbocycles. The number of nitrogens with one attached hydrogen (secondary N) is 1. The lowest BCUT2D eigenvalue weighted by atomic mass is 10.0. The van der Waals surface area contributed by atoms with Crippen molar-refractivity contribution in [2.75, 3.05) is 6.54 Å². The summed E-state index contributed by atoms with van der Waals surface area (Å²) in [5, 5.41) is 0.629. The van der Waals surface area contributed by atoms with E-state index in [1.165, 1.54) is 15.9 Å². The molecule has 3 heterocycles. The number of benzene rings is 1. The van der Waals surface area contributed by atoms with Crippen LogP contribution in [0, 0.1) is 0 Å². The van der Waals surface area contributed by atoms with Crippen molar-refractivity contribution in [2.24, 2.45) is 0 Å². The van der Waals surface area contributed by atoms with E-state index in [-0.39, 0.29) is 17.2 Å². The van der Waals surface area contributed by atoms with E-state index in [0.717, 1.165) is 28.8 Å². The van der Waals surface area contributed by atoms with Crippen LogP contribution in [0.3, 0.4) is 0 Å². The summed E-state index contributed by atoms with van der Waals surface area (Å²) in [6.45, 7) is 3.48. The van der Waals surface area contributed by atoms with Crippen molar-refractivity contribution in [1.29, 1.82) is 0 Å². The Hall–Kier alpha value is -2.67. The Morgan fingerprint density at radius 1 is 1.21 bits per heavy atom. The Balaban J connectivity index is 1.56. The fraction of sp³-hybridized carbons (Fsp3) is 0.381. The number of aryl methyl sites for hydroxylation is 1. The Kier molecular flexibility index (Phi) is 5.17. The van der Waals surface area contributed by atoms with Crippen LogP contribution in [0.25, 0.3) is 10.2 Å². The second-order valence-corrected chi connectivity index (χ2v) is 8.25. The first-order chi connectivity index (χ1) is 13.6. The molecular formula is C21H23N3O3S. The Bertz CT molecular complexity index is 1130. The molecule has 1 aliphatic rings. The molecule has 1 aliphatic heterocycles. The molecule has 1 aromatic carbocycles. The summed E-state index contributed by atoms with van der Waals surface area (Å²) < 4.78 is 1.28. The normalized spacial score (nSPS) is 13.7. The van der Waals surface area contributed by atoms with E-state index < -0.39 is 0 Å². The number of rotatable bonds is 5. The number of carbonyl (C=O) groups is 1. The van der Waals surface area contributed by atoms with Gasteiger partial charge in [-0.15, -0.1) is 11.3 Å². The molecule has 0 saturated heterocycles. The van der Waals surface area contributed by atoms with Gasteiger partial charge in [0, 0.05) is 24.4 Å². The smallest absolute Gasteiger partial charge is 0.329 e. The van der Waals surface area contributed by atoms with Crippen LogP contribution >= 0.6 is 11.3 Å². The van der Waals surface area contributed by atoms with Crippen molar-refractivity contribution in [1.82, 2.24) is 14.5 Å². The van der Waals surface area contributed by atoms with Gasteiger partial charge in [0.2, 0.25) is 5.91 Å². The van der Waals surface area contributed by atoms with Gasteiger partial charge in [0.1, 0.15) is 4.83 Å². The second-order valence-electron chi connectivity index (χ2n) is 7.15. The molecule has 3 aromatic rings. The fourth-order valence-electron chi connectivity index (χ4n) is 3.80. The summed E-state index contributed by atoms with van der Waals surface area (Å²) in [4.78, 5) is 44.0. The molecule has 4 rings (SSSR count). The molecular weight excluding hydrogens is 374 g/mol. The third-order valence-electron chi connectivity index (χ3n) is 5.25. The molecule has 0 saturated carbocycles. The number of hydrogen-bond donors (Lipinski definition) is 1. The Morgan fingerprint density at radius 3 is 2.75 bits per heavy atom. The zero-order valence-corrected chi connectivity index (χ0v) is 16.7. The highest BCUT2D eigenvalue weighted by Gasteiger charge is 2.26. The highest BCUT2D eigenvalue weighted by molar-refractivity contribution is 7.18. The first-order valence-corrected chi connectivity index (χ1v) is 10.5. The first-order valence-electron chi connectivity index (χ1n) is 9.67. The maximum atomic E-state index is 12.8. The monoisotopic (exact) mass is 397 g/mol. The highest BCUT2D eigenvalue weighted by atomic mass is 32.1. The largest absolute Gasteiger partial charge is 0.337 e. The van der Waals surface area contributed by atoms with E-state index in [1.54, 1.807) is 0 Å². The van der Waals surface area contributed by atoms with Crippen LogP contribution in [0.1, 0.15) is 35.8 Å². The van der Waals surface area contributed by atoms with Crippen molar-refractivity contribution in [3.8, 4) is 0 Å². The number of carbonyl (C=O) groups excluding carboxylic acids is 1. The number of fused-ring (bicyclic) bond motifs is 3. The molecule has 28 heavy (non-hydrogen) atoms. The SMILES string of the molecule is CCCn1c(=O)[nH]c2sc3c(c2c1=O)CCN(C(=O)CCc1ccccc1)C3. The maximum absolute atomic E-state index is 12.8. The standard InChI is InChI=1S/C21H23N3O3S/c1-2-11-24-20(26)18-15-10-12-23(13-16(15)28-19(18)22-21(24)27)17(25)9-8-14-6-4-3-5-7-14/h3-7H,2,8-13H2,1H3,(H,22,27). The number of thiophene rings is 1. The van der Waals surface area contributed by atoms with Crippen molar-refractivity contribution in [3.05, 3.63) is 67.2 Å². The van der Waals surface area contributed by atoms with Crippen LogP contribution in [0.5, 0.6) is 0 Å². The average molecular weight is 398 g/mol. The van der Waals surface area contributed by atoms with Crippen LogP contribution in [0.2, 0.25) is 0 Å². The lowest BCUT2D eigenvalue weighted by molar-refractivity contribution is -0.132. The van der Waals surface area contributed by atoms with Crippen molar-refractivity contribution in [2.45, 2.75) is 45.7 Å². The number of H-pyrrole nitrogens is 1. The van der Waals surface area contributed by atoms with Gasteiger partial charge in [-0.25, -0.2) is 4.79 Å². The van der Waals surface area contributed by atoms with E-state index in [4.69, 9.17) is 0 Å². The Labute approximate surface area is 166 Å². The van der Waals surface area contributed by atoms with Gasteiger partial charge in [-0.2, -0.15) is 0 Å². The second kappa shape index (κ2) is 7.75. The van der Waals surface area contributed by atoms with Gasteiger partial charge in [-0.1, -0.05) is 37.3 Å². The lowest BCUT2D eigenvalue weighted by Crippen LogP contribution is -2.37. The Morgan fingerprint density at radius 2 is 2.00 bits per heavy atom. The summed E-state index contributed by atoms with van der Waals surface area (Å²) in [5.41, 5.74) is 1.60. The third kappa shape index (κ3) is 3.42. The zero-order chi connectivity index (χ0) is 19.7. The minimum absolute atomic E-state index is 0.129. The maximum Gasteiger partial charge on any atom is 0.329 e. The van der Waals surface area contributed by atoms with Crippen molar-refractivity contribution >= 4 is 27.5 Å². The van der Waals surface area contributed by atoms with Crippen LogP contribution < -0.4 is 11.2 Å². The molecule has 0 spiro atoms. The summed E-state index contributed by atoms with van der Waals surface area (Å²) in [6.07, 6.45) is 2.58. The van der Waals surface area contributed by atoms with Crippen LogP contribution in [0.4, 0.5) is 0 Å². The molecule has 1 amide bonds. The highest BCUT2D eigenvalue weighted by Crippen LogP contribution is 2.32. The molecule has 0 unspecified atom stereocenters. The molecule has 7 heteroatoms. The zero-order valence-electron chi connectivity index (χ0n) is 15.9. The van der Waals surface area contributed by atoms with E-state index >= 15 is 0 Å². The van der Waals surface area contributed by atoms with Crippen LogP contribution in [0.15, 0.2) is 39.9 Å². The first kappa shape index (κ1) is 18.7. The summed E-state index contributed by atoms with van der Waals surface area (Å²) >= 11 is 1.43. The fourth-order valence-corrected chi connectivity index (χ4v) is 5.05. The van der Waals surface area contributed by atoms with Gasteiger partial charge in [-0.3, -0.25) is 19.1 Å². The van der Waals surface area contributed by atoms with Gasteiger partial charge in [0.15, 0.2) is 0 Å². The molecule has 146 valence electrons. The molecule has 0 atom stereocenters. The number of hydrogen-bond acceptors (Lipinski definition) is 4. The third-order valence-corrected chi connectivity index (χ3v) is 6.38. The van der Waals surface area contributed by atoms with Crippen LogP contribution in [-0.2, 0) is 30.7 Å². The van der Waals surface area contributed by atoms with E-state index in [0.29, 0.717) is 42.7 Å². The van der Waals surface area contributed by atoms with Gasteiger partial charge >= 0.3 is 5.69 Å². The topological polar surface area (TPSA) is 75.2 Å². The minimum Gasteiger partial charge on any atom is -0.337 e. The quantitative estimate of drug-likeness (QED) is 0.719. The van der Waals surface area contributed by atoms with Gasteiger partial charge < -0.3 is 4.90 Å². The van der Waals surface area contributed by atoms with E-state index in [9.17, 15) is 14.4 Å². The molecule has 0 radical (unpaired) electrons. The molecule has 1 N–H and O–H groups in total. The molecule has 2 aromatic heterocycles. The molecule has 0 bridgehead atoms. The van der Waals surface area contributed by atoms with Gasteiger partial charge in [0.25, 0.3) is 5.56 Å². The lowest BCUT2D eigenvalue weighted by Gasteiger charge is -2.27. The average Bonchev–Trinajstić information content (AvgIpc) is 3.07. The summed E-state index contributed by atoms with van der Waals surface area (Å²) in [5.74, 6) is 0.129. The number of amides is 1. The number of aromatic nitrogens is 2. The number of nitrogens with zero attached hydrogens (tertiary/aromatic N) is 2. The predicted octanol–water partition coefficient (Wildman–Crippen LogP) is 2.68. The molecule has 0 fully saturated rings. The summed E-state index contributed by atoms with van der Waals surface area (Å²) in [6, 6.07) is 10.0. The van der Waals surface area contributed by atoms with E-state index in [2.05, 4.69) is 4.98 Å². The number of aromatic amines is 1. The predicted molar refractivity (Wildman–Crippen MR) is 111 cm³/mol.